The molecular weight excluding hydrogens is 374 g/mol. The summed E-state index contributed by atoms with van der Waals surface area (Å²) >= 11 is 0. The summed E-state index contributed by atoms with van der Waals surface area (Å²) in [6, 6.07) is 16.6. The average Bonchev–Trinajstić information content (AvgIpc) is 3.15. The minimum atomic E-state index is -1.15. The molecule has 1 heterocycles. The molecule has 0 atom stereocenters. The Morgan fingerprint density at radius 2 is 1.52 bits per heavy atom. The zero-order valence-electron chi connectivity index (χ0n) is 14.9. The maximum atomic E-state index is 11.7. The van der Waals surface area contributed by atoms with Gasteiger partial charge < -0.3 is 20.4 Å². The van der Waals surface area contributed by atoms with E-state index in [9.17, 15) is 25.2 Å². The molecule has 0 saturated carbocycles. The summed E-state index contributed by atoms with van der Waals surface area (Å²) in [6.45, 7) is 0. The Bertz CT molecular complexity index is 1230. The summed E-state index contributed by atoms with van der Waals surface area (Å²) in [4.78, 5) is 16.1. The van der Waals surface area contributed by atoms with Crippen LogP contribution in [0.4, 0.5) is 0 Å². The second-order valence-corrected chi connectivity index (χ2v) is 6.21. The van der Waals surface area contributed by atoms with Crippen molar-refractivity contribution in [3.63, 3.8) is 0 Å². The van der Waals surface area contributed by atoms with Crippen LogP contribution in [0.2, 0.25) is 0 Å². The number of rotatable bonds is 4. The Morgan fingerprint density at radius 3 is 2.28 bits per heavy atom. The van der Waals surface area contributed by atoms with Crippen LogP contribution in [0.25, 0.3) is 28.5 Å². The Hall–Kier alpha value is -4.33. The van der Waals surface area contributed by atoms with Gasteiger partial charge in [0.05, 0.1) is 22.4 Å². The number of nitrogens with zero attached hydrogens (tertiary/aromatic N) is 3. The number of carbonyl (C=O) groups is 1. The van der Waals surface area contributed by atoms with Gasteiger partial charge in [0.15, 0.2) is 11.6 Å². The summed E-state index contributed by atoms with van der Waals surface area (Å²) in [7, 11) is 0. The van der Waals surface area contributed by atoms with Crippen molar-refractivity contribution >= 4 is 5.97 Å². The highest BCUT2D eigenvalue weighted by atomic mass is 16.4. The molecule has 0 spiro atoms. The number of carboxylic acid groups (broad SMARTS) is 1. The largest absolute Gasteiger partial charge is 0.508 e. The van der Waals surface area contributed by atoms with Gasteiger partial charge >= 0.3 is 5.97 Å². The van der Waals surface area contributed by atoms with Crippen LogP contribution in [0.15, 0.2) is 66.7 Å². The molecule has 8 heteroatoms. The molecule has 29 heavy (non-hydrogen) atoms. The lowest BCUT2D eigenvalue weighted by atomic mass is 10.1. The molecule has 0 bridgehead atoms. The first-order chi connectivity index (χ1) is 14.0. The van der Waals surface area contributed by atoms with Crippen molar-refractivity contribution in [3.8, 4) is 45.7 Å². The van der Waals surface area contributed by atoms with E-state index < -0.39 is 5.97 Å². The van der Waals surface area contributed by atoms with Crippen LogP contribution in [-0.4, -0.2) is 41.2 Å². The third-order valence-corrected chi connectivity index (χ3v) is 4.34. The lowest BCUT2D eigenvalue weighted by molar-refractivity contribution is 0.0696. The van der Waals surface area contributed by atoms with Crippen molar-refractivity contribution in [2.24, 2.45) is 0 Å². The van der Waals surface area contributed by atoms with E-state index in [1.54, 1.807) is 36.4 Å². The molecule has 4 rings (SSSR count). The number of aromatic carboxylic acids is 1. The molecule has 4 N–H and O–H groups in total. The smallest absolute Gasteiger partial charge is 0.337 e. The number of aromatic nitrogens is 3. The lowest BCUT2D eigenvalue weighted by Crippen LogP contribution is -2.08. The first-order valence-corrected chi connectivity index (χ1v) is 8.56. The average molecular weight is 389 g/mol. The van der Waals surface area contributed by atoms with Gasteiger partial charge in [-0.25, -0.2) is 14.5 Å². The summed E-state index contributed by atoms with van der Waals surface area (Å²) in [5.74, 6) is -1.24. The molecule has 0 aliphatic heterocycles. The number of hydrogen-bond acceptors (Lipinski definition) is 6. The molecule has 0 radical (unpaired) electrons. The van der Waals surface area contributed by atoms with E-state index in [0.717, 1.165) is 0 Å². The van der Waals surface area contributed by atoms with Crippen molar-refractivity contribution < 1.29 is 25.2 Å². The molecule has 8 nitrogen and oxygen atoms in total. The molecule has 144 valence electrons. The van der Waals surface area contributed by atoms with Gasteiger partial charge in [-0.05, 0) is 42.5 Å². The second kappa shape index (κ2) is 7.01. The molecule has 0 unspecified atom stereocenters. The van der Waals surface area contributed by atoms with Gasteiger partial charge in [-0.1, -0.05) is 24.3 Å². The zero-order chi connectivity index (χ0) is 20.5. The highest BCUT2D eigenvalue weighted by molar-refractivity contribution is 5.92. The normalized spacial score (nSPS) is 10.8. The number of aromatic hydroxyl groups is 3. The molecule has 3 aromatic carbocycles. The zero-order valence-corrected chi connectivity index (χ0v) is 14.9. The van der Waals surface area contributed by atoms with E-state index in [-0.39, 0.29) is 45.7 Å². The van der Waals surface area contributed by atoms with Gasteiger partial charge in [0.1, 0.15) is 17.2 Å². The maximum Gasteiger partial charge on any atom is 0.337 e. The van der Waals surface area contributed by atoms with Gasteiger partial charge in [-0.3, -0.25) is 0 Å². The minimum absolute atomic E-state index is 0.0132. The predicted molar refractivity (Wildman–Crippen MR) is 104 cm³/mol. The first kappa shape index (κ1) is 18.1. The number of phenols is 3. The topological polar surface area (TPSA) is 129 Å². The molecule has 4 aromatic rings. The highest BCUT2D eigenvalue weighted by Crippen LogP contribution is 2.35. The van der Waals surface area contributed by atoms with Crippen LogP contribution < -0.4 is 0 Å². The number of phenolic OH excluding ortho intramolecular Hbond substituents is 3. The Kier molecular flexibility index (Phi) is 4.36. The third kappa shape index (κ3) is 3.23. The van der Waals surface area contributed by atoms with E-state index in [4.69, 9.17) is 0 Å². The summed E-state index contributed by atoms with van der Waals surface area (Å²) in [5.41, 5.74) is 0.705. The fraction of sp³-hybridized carbons (Fsp3) is 0. The Morgan fingerprint density at radius 1 is 0.828 bits per heavy atom. The fourth-order valence-corrected chi connectivity index (χ4v) is 2.97. The molecular formula is C21H15N3O5. The Balaban J connectivity index is 2.02. The van der Waals surface area contributed by atoms with Crippen molar-refractivity contribution in [1.82, 2.24) is 14.8 Å². The van der Waals surface area contributed by atoms with E-state index in [2.05, 4.69) is 10.1 Å². The van der Waals surface area contributed by atoms with Crippen molar-refractivity contribution in [3.05, 3.63) is 72.3 Å². The van der Waals surface area contributed by atoms with Gasteiger partial charge in [0.25, 0.3) is 0 Å². The molecule has 1 aromatic heterocycles. The lowest BCUT2D eigenvalue weighted by Gasteiger charge is -2.09. The van der Waals surface area contributed by atoms with Gasteiger partial charge in [0, 0.05) is 0 Å². The number of para-hydroxylation sites is 2. The minimum Gasteiger partial charge on any atom is -0.508 e. The first-order valence-electron chi connectivity index (χ1n) is 8.56. The molecule has 0 amide bonds. The standard InChI is InChI=1S/C21H15N3O5/c25-12-9-10-18(27)15(11-12)19-22-20(14-6-2-4-8-17(14)26)24(23-19)16-7-3-1-5-13(16)21(28)29/h1-11,25-27H,(H,28,29). The van der Waals surface area contributed by atoms with Crippen molar-refractivity contribution in [2.45, 2.75) is 0 Å². The quantitative estimate of drug-likeness (QED) is 0.394. The number of carboxylic acids is 1. The van der Waals surface area contributed by atoms with Crippen molar-refractivity contribution in [1.29, 1.82) is 0 Å². The summed E-state index contributed by atoms with van der Waals surface area (Å²) < 4.78 is 1.29. The highest BCUT2D eigenvalue weighted by Gasteiger charge is 2.22. The molecule has 0 aliphatic carbocycles. The molecule has 0 fully saturated rings. The van der Waals surface area contributed by atoms with E-state index in [1.165, 1.54) is 35.0 Å². The number of hydrogen-bond donors (Lipinski definition) is 4. The van der Waals surface area contributed by atoms with Crippen LogP contribution in [0.3, 0.4) is 0 Å². The SMILES string of the molecule is O=C(O)c1ccccc1-n1nc(-c2cc(O)ccc2O)nc1-c1ccccc1O. The predicted octanol–water partition coefficient (Wildman–Crippen LogP) is 3.42. The Labute approximate surface area is 164 Å². The van der Waals surface area contributed by atoms with Crippen LogP contribution >= 0.6 is 0 Å². The third-order valence-electron chi connectivity index (χ3n) is 4.34. The summed E-state index contributed by atoms with van der Waals surface area (Å²) in [5, 5.41) is 44.2. The van der Waals surface area contributed by atoms with Crippen LogP contribution in [0.5, 0.6) is 17.2 Å². The van der Waals surface area contributed by atoms with E-state index >= 15 is 0 Å². The van der Waals surface area contributed by atoms with Crippen LogP contribution in [-0.2, 0) is 0 Å². The molecule has 0 aliphatic rings. The molecule has 0 saturated heterocycles. The maximum absolute atomic E-state index is 11.7. The van der Waals surface area contributed by atoms with Gasteiger partial charge in [-0.15, -0.1) is 5.10 Å². The second-order valence-electron chi connectivity index (χ2n) is 6.21. The van der Waals surface area contributed by atoms with Crippen LogP contribution in [0, 0.1) is 0 Å². The summed E-state index contributed by atoms with van der Waals surface area (Å²) in [6.07, 6.45) is 0. The van der Waals surface area contributed by atoms with E-state index in [1.807, 2.05) is 0 Å². The monoisotopic (exact) mass is 389 g/mol. The fourth-order valence-electron chi connectivity index (χ4n) is 2.97. The number of benzene rings is 3. The van der Waals surface area contributed by atoms with Gasteiger partial charge in [-0.2, -0.15) is 0 Å². The van der Waals surface area contributed by atoms with Gasteiger partial charge in [0.2, 0.25) is 0 Å². The van der Waals surface area contributed by atoms with Crippen LogP contribution in [0.1, 0.15) is 10.4 Å². The van der Waals surface area contributed by atoms with E-state index in [0.29, 0.717) is 5.56 Å². The van der Waals surface area contributed by atoms with Crippen molar-refractivity contribution in [2.75, 3.05) is 0 Å².